The molecule has 0 spiro atoms. The van der Waals surface area contributed by atoms with E-state index in [9.17, 15) is 22.8 Å². The number of fused-ring (bicyclic) bond motifs is 1. The lowest BCUT2D eigenvalue weighted by Gasteiger charge is -2.37. The molecule has 4 rings (SSSR count). The smallest absolute Gasteiger partial charge is 0.342 e. The van der Waals surface area contributed by atoms with Gasteiger partial charge in [-0.25, -0.2) is 13.2 Å². The molecule has 4 heterocycles. The van der Waals surface area contributed by atoms with E-state index in [1.165, 1.54) is 25.3 Å². The van der Waals surface area contributed by atoms with E-state index in [4.69, 9.17) is 9.15 Å². The highest BCUT2D eigenvalue weighted by Gasteiger charge is 2.53. The molecule has 3 aliphatic rings. The molecule has 2 atom stereocenters. The number of amides is 2. The average molecular weight is 486 g/mol. The maximum atomic E-state index is 13.3. The van der Waals surface area contributed by atoms with E-state index in [-0.39, 0.29) is 64.8 Å². The second-order valence-corrected chi connectivity index (χ2v) is 11.8. The van der Waals surface area contributed by atoms with Crippen LogP contribution in [0.1, 0.15) is 41.6 Å². The Morgan fingerprint density at radius 1 is 1.16 bits per heavy atom. The van der Waals surface area contributed by atoms with Gasteiger partial charge in [-0.1, -0.05) is 0 Å². The Bertz CT molecular complexity index is 1080. The van der Waals surface area contributed by atoms with Crippen LogP contribution in [-0.4, -0.2) is 90.3 Å². The van der Waals surface area contributed by atoms with Gasteiger partial charge in [0.15, 0.2) is 0 Å². The molecule has 10 nitrogen and oxygen atoms in total. The molecule has 32 heavy (non-hydrogen) atoms. The SMILES string of the molecule is COC(=O)c1c(C)oc(C)c1S(=O)(=O)N1CCN(C(=O)C2CSC3(C)CCC(=O)N23)CC1. The lowest BCUT2D eigenvalue weighted by atomic mass is 10.2. The molecule has 2 amide bonds. The summed E-state index contributed by atoms with van der Waals surface area (Å²) in [4.78, 5) is 40.5. The molecule has 3 fully saturated rings. The monoisotopic (exact) mass is 485 g/mol. The summed E-state index contributed by atoms with van der Waals surface area (Å²) in [5, 5.41) is 0. The van der Waals surface area contributed by atoms with Crippen molar-refractivity contribution in [2.75, 3.05) is 39.0 Å². The van der Waals surface area contributed by atoms with E-state index in [2.05, 4.69) is 0 Å². The molecule has 3 aliphatic heterocycles. The third-order valence-corrected chi connectivity index (χ3v) is 10.0. The highest BCUT2D eigenvalue weighted by Crippen LogP contribution is 2.47. The number of hydrogen-bond acceptors (Lipinski definition) is 8. The van der Waals surface area contributed by atoms with E-state index in [0.717, 1.165) is 6.42 Å². The number of aryl methyl sites for hydroxylation is 2. The van der Waals surface area contributed by atoms with E-state index in [1.807, 2.05) is 6.92 Å². The van der Waals surface area contributed by atoms with Crippen LogP contribution in [0.15, 0.2) is 9.31 Å². The summed E-state index contributed by atoms with van der Waals surface area (Å²) in [6.45, 7) is 5.60. The number of carbonyl (C=O) groups is 3. The summed E-state index contributed by atoms with van der Waals surface area (Å²) in [5.41, 5.74) is -0.0988. The number of hydrogen-bond donors (Lipinski definition) is 0. The predicted octanol–water partition coefficient (Wildman–Crippen LogP) is 0.970. The minimum atomic E-state index is -4.03. The van der Waals surface area contributed by atoms with Crippen molar-refractivity contribution in [2.45, 2.75) is 49.4 Å². The van der Waals surface area contributed by atoms with Crippen molar-refractivity contribution in [1.82, 2.24) is 14.1 Å². The third-order valence-electron chi connectivity index (χ3n) is 6.47. The number of methoxy groups -OCH3 is 1. The van der Waals surface area contributed by atoms with Gasteiger partial charge in [-0.05, 0) is 27.2 Å². The van der Waals surface area contributed by atoms with Crippen molar-refractivity contribution in [1.29, 1.82) is 0 Å². The molecular weight excluding hydrogens is 458 g/mol. The normalized spacial score (nSPS) is 26.5. The van der Waals surface area contributed by atoms with E-state index in [0.29, 0.717) is 12.2 Å². The minimum Gasteiger partial charge on any atom is -0.465 e. The van der Waals surface area contributed by atoms with E-state index >= 15 is 0 Å². The predicted molar refractivity (Wildman–Crippen MR) is 116 cm³/mol. The average Bonchev–Trinajstić information content (AvgIpc) is 3.37. The van der Waals surface area contributed by atoms with Gasteiger partial charge in [0.05, 0.1) is 12.0 Å². The molecule has 3 saturated heterocycles. The van der Waals surface area contributed by atoms with Crippen molar-refractivity contribution in [3.05, 3.63) is 17.1 Å². The first kappa shape index (κ1) is 23.1. The Balaban J connectivity index is 1.49. The fraction of sp³-hybridized carbons (Fsp3) is 0.650. The van der Waals surface area contributed by atoms with Crippen LogP contribution in [0.5, 0.6) is 0 Å². The summed E-state index contributed by atoms with van der Waals surface area (Å²) in [7, 11) is -2.84. The number of thioether (sulfide) groups is 1. The minimum absolute atomic E-state index is 0.00166. The van der Waals surface area contributed by atoms with Gasteiger partial charge >= 0.3 is 5.97 Å². The molecule has 12 heteroatoms. The Kier molecular flexibility index (Phi) is 5.83. The molecule has 0 aromatic carbocycles. The standard InChI is InChI=1S/C20H27N3O7S2/c1-12-16(19(26)29-4)17(13(2)30-12)32(27,28)22-9-7-21(8-10-22)18(25)14-11-31-20(3)6-5-15(24)23(14)20/h14H,5-11H2,1-4H3. The molecule has 0 saturated carbocycles. The Labute approximate surface area is 191 Å². The van der Waals surface area contributed by atoms with Gasteiger partial charge in [0.1, 0.15) is 28.0 Å². The number of rotatable bonds is 4. The van der Waals surface area contributed by atoms with Gasteiger partial charge < -0.3 is 19.0 Å². The number of carbonyl (C=O) groups excluding carboxylic acids is 3. The van der Waals surface area contributed by atoms with Crippen molar-refractivity contribution < 1.29 is 32.0 Å². The second-order valence-electron chi connectivity index (χ2n) is 8.41. The first-order valence-electron chi connectivity index (χ1n) is 10.4. The summed E-state index contributed by atoms with van der Waals surface area (Å²) < 4.78 is 38.1. The zero-order chi connectivity index (χ0) is 23.4. The fourth-order valence-electron chi connectivity index (χ4n) is 4.80. The lowest BCUT2D eigenvalue weighted by Crippen LogP contribution is -2.56. The molecule has 176 valence electrons. The topological polar surface area (TPSA) is 117 Å². The zero-order valence-electron chi connectivity index (χ0n) is 18.5. The van der Waals surface area contributed by atoms with Gasteiger partial charge in [-0.3, -0.25) is 9.59 Å². The summed E-state index contributed by atoms with van der Waals surface area (Å²) in [6.07, 6.45) is 1.18. The lowest BCUT2D eigenvalue weighted by molar-refractivity contribution is -0.144. The molecule has 0 aliphatic carbocycles. The van der Waals surface area contributed by atoms with Crippen LogP contribution in [-0.2, 0) is 24.3 Å². The van der Waals surface area contributed by atoms with Crippen LogP contribution in [0, 0.1) is 13.8 Å². The fourth-order valence-corrected chi connectivity index (χ4v) is 8.02. The van der Waals surface area contributed by atoms with Gasteiger partial charge in [0, 0.05) is 38.4 Å². The Morgan fingerprint density at radius 3 is 2.44 bits per heavy atom. The zero-order valence-corrected chi connectivity index (χ0v) is 20.2. The van der Waals surface area contributed by atoms with E-state index in [1.54, 1.807) is 21.6 Å². The number of sulfonamides is 1. The molecule has 0 N–H and O–H groups in total. The van der Waals surface area contributed by atoms with Gasteiger partial charge in [-0.2, -0.15) is 4.31 Å². The van der Waals surface area contributed by atoms with Crippen molar-refractivity contribution in [3.63, 3.8) is 0 Å². The number of furan rings is 1. The Morgan fingerprint density at radius 2 is 1.81 bits per heavy atom. The first-order chi connectivity index (χ1) is 15.0. The number of piperazine rings is 1. The molecule has 2 unspecified atom stereocenters. The highest BCUT2D eigenvalue weighted by atomic mass is 32.2. The number of ether oxygens (including phenoxy) is 1. The summed E-state index contributed by atoms with van der Waals surface area (Å²) >= 11 is 1.63. The van der Waals surface area contributed by atoms with Crippen LogP contribution < -0.4 is 0 Å². The van der Waals surface area contributed by atoms with E-state index < -0.39 is 22.0 Å². The van der Waals surface area contributed by atoms with Crippen molar-refractivity contribution in [2.24, 2.45) is 0 Å². The maximum Gasteiger partial charge on any atom is 0.342 e. The Hall–Kier alpha value is -2.05. The van der Waals surface area contributed by atoms with Crippen LogP contribution in [0.3, 0.4) is 0 Å². The van der Waals surface area contributed by atoms with Gasteiger partial charge in [0.25, 0.3) is 0 Å². The number of esters is 1. The molecule has 1 aromatic heterocycles. The van der Waals surface area contributed by atoms with Crippen LogP contribution in [0.25, 0.3) is 0 Å². The summed E-state index contributed by atoms with van der Waals surface area (Å²) in [5.74, 6) is -0.0635. The van der Waals surface area contributed by atoms with Crippen molar-refractivity contribution in [3.8, 4) is 0 Å². The molecule has 0 radical (unpaired) electrons. The van der Waals surface area contributed by atoms with Crippen molar-refractivity contribution >= 4 is 39.6 Å². The van der Waals surface area contributed by atoms with Gasteiger partial charge in [0.2, 0.25) is 21.8 Å². The third kappa shape index (κ3) is 3.52. The van der Waals surface area contributed by atoms with Crippen LogP contribution >= 0.6 is 11.8 Å². The second kappa shape index (κ2) is 8.07. The first-order valence-corrected chi connectivity index (χ1v) is 12.9. The molecular formula is C20H27N3O7S2. The van der Waals surface area contributed by atoms with Gasteiger partial charge in [-0.15, -0.1) is 11.8 Å². The number of nitrogens with zero attached hydrogens (tertiary/aromatic N) is 3. The maximum absolute atomic E-state index is 13.3. The molecule has 0 bridgehead atoms. The highest BCUT2D eigenvalue weighted by molar-refractivity contribution is 8.01. The molecule has 1 aromatic rings. The quantitative estimate of drug-likeness (QED) is 0.579. The van der Waals surface area contributed by atoms with Crippen LogP contribution in [0.2, 0.25) is 0 Å². The largest absolute Gasteiger partial charge is 0.465 e. The summed E-state index contributed by atoms with van der Waals surface area (Å²) in [6, 6.07) is -0.507. The van der Waals surface area contributed by atoms with Crippen LogP contribution in [0.4, 0.5) is 0 Å².